The van der Waals surface area contributed by atoms with E-state index < -0.39 is 10.8 Å². The summed E-state index contributed by atoms with van der Waals surface area (Å²) >= 11 is 3.33. The molecule has 1 aromatic carbocycles. The fraction of sp³-hybridized carbons (Fsp3) is 0.462. The van der Waals surface area contributed by atoms with Crippen molar-refractivity contribution in [2.24, 2.45) is 0 Å². The third-order valence-electron chi connectivity index (χ3n) is 2.81. The zero-order valence-electron chi connectivity index (χ0n) is 11.0. The van der Waals surface area contributed by atoms with Crippen LogP contribution >= 0.6 is 15.9 Å². The Balaban J connectivity index is 2.88. The molecule has 1 atom stereocenters. The number of para-hydroxylation sites is 1. The van der Waals surface area contributed by atoms with Crippen LogP contribution in [0.1, 0.15) is 35.7 Å². The number of carbonyl (C=O) groups excluding carboxylic acids is 1. The minimum Gasteiger partial charge on any atom is -0.349 e. The Morgan fingerprint density at radius 3 is 2.79 bits per heavy atom. The topological polar surface area (TPSA) is 72.2 Å². The number of nitro benzene ring substituents is 1. The van der Waals surface area contributed by atoms with Crippen LogP contribution in [0.2, 0.25) is 0 Å². The zero-order valence-corrected chi connectivity index (χ0v) is 12.6. The standard InChI is InChI=1S/C13H17BrN2O3/c1-9-5-3-7-11(12(9)16(18)19)13(17)15-10(2)6-4-8-14/h3,5,7,10H,4,6,8H2,1-2H3,(H,15,17). The maximum absolute atomic E-state index is 12.1. The Labute approximate surface area is 120 Å². The number of rotatable bonds is 6. The number of amides is 1. The number of nitrogens with one attached hydrogen (secondary N) is 1. The summed E-state index contributed by atoms with van der Waals surface area (Å²) in [6, 6.07) is 4.76. The first kappa shape index (κ1) is 15.6. The lowest BCUT2D eigenvalue weighted by Crippen LogP contribution is -2.33. The molecule has 0 aromatic heterocycles. The number of nitrogens with zero attached hydrogens (tertiary/aromatic N) is 1. The second-order valence-corrected chi connectivity index (χ2v) is 5.23. The normalized spacial score (nSPS) is 11.9. The molecule has 0 spiro atoms. The van der Waals surface area contributed by atoms with Gasteiger partial charge in [0.1, 0.15) is 5.56 Å². The summed E-state index contributed by atoms with van der Waals surface area (Å²) in [4.78, 5) is 22.6. The van der Waals surface area contributed by atoms with Crippen LogP contribution in [0.3, 0.4) is 0 Å². The van der Waals surface area contributed by atoms with Crippen LogP contribution in [-0.2, 0) is 0 Å². The Kier molecular flexibility index (Phi) is 5.95. The molecule has 0 saturated carbocycles. The van der Waals surface area contributed by atoms with Gasteiger partial charge < -0.3 is 5.32 Å². The third kappa shape index (κ3) is 4.31. The second-order valence-electron chi connectivity index (χ2n) is 4.43. The molecule has 0 saturated heterocycles. The summed E-state index contributed by atoms with van der Waals surface area (Å²) in [7, 11) is 0. The van der Waals surface area contributed by atoms with Gasteiger partial charge in [-0.05, 0) is 32.8 Å². The fourth-order valence-electron chi connectivity index (χ4n) is 1.84. The van der Waals surface area contributed by atoms with Crippen molar-refractivity contribution < 1.29 is 9.72 Å². The zero-order chi connectivity index (χ0) is 14.4. The summed E-state index contributed by atoms with van der Waals surface area (Å²) in [5, 5.41) is 14.7. The van der Waals surface area contributed by atoms with E-state index in [0.29, 0.717) is 5.56 Å². The van der Waals surface area contributed by atoms with Gasteiger partial charge >= 0.3 is 0 Å². The van der Waals surface area contributed by atoms with E-state index in [1.54, 1.807) is 19.1 Å². The summed E-state index contributed by atoms with van der Waals surface area (Å²) < 4.78 is 0. The molecule has 1 N–H and O–H groups in total. The Bertz CT molecular complexity index is 477. The van der Waals surface area contributed by atoms with Gasteiger partial charge in [0.15, 0.2) is 0 Å². The van der Waals surface area contributed by atoms with Crippen molar-refractivity contribution in [1.82, 2.24) is 5.32 Å². The largest absolute Gasteiger partial charge is 0.349 e. The van der Waals surface area contributed by atoms with Crippen molar-refractivity contribution in [2.45, 2.75) is 32.7 Å². The van der Waals surface area contributed by atoms with E-state index in [0.717, 1.165) is 18.2 Å². The Morgan fingerprint density at radius 2 is 2.21 bits per heavy atom. The van der Waals surface area contributed by atoms with Crippen molar-refractivity contribution in [3.8, 4) is 0 Å². The van der Waals surface area contributed by atoms with Crippen LogP contribution in [0.4, 0.5) is 5.69 Å². The van der Waals surface area contributed by atoms with Crippen LogP contribution in [0.25, 0.3) is 0 Å². The van der Waals surface area contributed by atoms with E-state index in [9.17, 15) is 14.9 Å². The van der Waals surface area contributed by atoms with Gasteiger partial charge in [0.25, 0.3) is 11.6 Å². The summed E-state index contributed by atoms with van der Waals surface area (Å²) in [6.45, 7) is 3.52. The molecule has 19 heavy (non-hydrogen) atoms. The fourth-order valence-corrected chi connectivity index (χ4v) is 2.17. The van der Waals surface area contributed by atoms with Gasteiger partial charge in [-0.3, -0.25) is 14.9 Å². The molecule has 0 aliphatic carbocycles. The van der Waals surface area contributed by atoms with Gasteiger partial charge in [-0.15, -0.1) is 0 Å². The first-order chi connectivity index (χ1) is 8.97. The molecule has 0 fully saturated rings. The maximum atomic E-state index is 12.1. The Hall–Kier alpha value is -1.43. The summed E-state index contributed by atoms with van der Waals surface area (Å²) in [5.74, 6) is -0.391. The highest BCUT2D eigenvalue weighted by atomic mass is 79.9. The minimum atomic E-state index is -0.507. The average molecular weight is 329 g/mol. The second kappa shape index (κ2) is 7.23. The Morgan fingerprint density at radius 1 is 1.53 bits per heavy atom. The van der Waals surface area contributed by atoms with Crippen molar-refractivity contribution in [3.05, 3.63) is 39.4 Å². The number of hydrogen-bond donors (Lipinski definition) is 1. The highest BCUT2D eigenvalue weighted by Gasteiger charge is 2.22. The SMILES string of the molecule is Cc1cccc(C(=O)NC(C)CCCBr)c1[N+](=O)[O-]. The lowest BCUT2D eigenvalue weighted by atomic mass is 10.1. The molecule has 5 nitrogen and oxygen atoms in total. The molecule has 0 bridgehead atoms. The molecule has 1 unspecified atom stereocenters. The molecule has 104 valence electrons. The average Bonchev–Trinajstić information content (AvgIpc) is 2.35. The predicted octanol–water partition coefficient (Wildman–Crippen LogP) is 3.20. The van der Waals surface area contributed by atoms with Gasteiger partial charge in [-0.25, -0.2) is 0 Å². The van der Waals surface area contributed by atoms with Crippen molar-refractivity contribution >= 4 is 27.5 Å². The van der Waals surface area contributed by atoms with Crippen LogP contribution in [0, 0.1) is 17.0 Å². The number of alkyl halides is 1. The molecular weight excluding hydrogens is 312 g/mol. The van der Waals surface area contributed by atoms with Gasteiger partial charge in [0.05, 0.1) is 4.92 Å². The molecule has 0 heterocycles. The molecule has 1 aromatic rings. The van der Waals surface area contributed by atoms with Crippen LogP contribution in [-0.4, -0.2) is 22.2 Å². The van der Waals surface area contributed by atoms with Gasteiger partial charge in [-0.2, -0.15) is 0 Å². The van der Waals surface area contributed by atoms with Crippen molar-refractivity contribution in [1.29, 1.82) is 0 Å². The van der Waals surface area contributed by atoms with E-state index in [4.69, 9.17) is 0 Å². The summed E-state index contributed by atoms with van der Waals surface area (Å²) in [5.41, 5.74) is 0.495. The molecule has 0 aliphatic heterocycles. The van der Waals surface area contributed by atoms with Gasteiger partial charge in [0.2, 0.25) is 0 Å². The third-order valence-corrected chi connectivity index (χ3v) is 3.37. The van der Waals surface area contributed by atoms with Crippen LogP contribution in [0.5, 0.6) is 0 Å². The number of hydrogen-bond acceptors (Lipinski definition) is 3. The molecule has 0 radical (unpaired) electrons. The van der Waals surface area contributed by atoms with Crippen LogP contribution in [0.15, 0.2) is 18.2 Å². The van der Waals surface area contributed by atoms with E-state index in [1.165, 1.54) is 6.07 Å². The van der Waals surface area contributed by atoms with Gasteiger partial charge in [0, 0.05) is 16.9 Å². The van der Waals surface area contributed by atoms with Crippen molar-refractivity contribution in [2.75, 3.05) is 5.33 Å². The number of nitro groups is 1. The van der Waals surface area contributed by atoms with Crippen LogP contribution < -0.4 is 5.32 Å². The van der Waals surface area contributed by atoms with E-state index in [2.05, 4.69) is 21.2 Å². The number of halogens is 1. The number of carbonyl (C=O) groups is 1. The quantitative estimate of drug-likeness (QED) is 0.495. The first-order valence-corrected chi connectivity index (χ1v) is 7.20. The minimum absolute atomic E-state index is 0.00911. The van der Waals surface area contributed by atoms with E-state index in [-0.39, 0.29) is 17.3 Å². The number of benzene rings is 1. The van der Waals surface area contributed by atoms with E-state index in [1.807, 2.05) is 6.92 Å². The monoisotopic (exact) mass is 328 g/mol. The smallest absolute Gasteiger partial charge is 0.285 e. The summed E-state index contributed by atoms with van der Waals surface area (Å²) in [6.07, 6.45) is 1.77. The number of aryl methyl sites for hydroxylation is 1. The first-order valence-electron chi connectivity index (χ1n) is 6.08. The lowest BCUT2D eigenvalue weighted by Gasteiger charge is -2.13. The van der Waals surface area contributed by atoms with Gasteiger partial charge in [-0.1, -0.05) is 28.1 Å². The lowest BCUT2D eigenvalue weighted by molar-refractivity contribution is -0.385. The molecule has 6 heteroatoms. The molecular formula is C13H17BrN2O3. The predicted molar refractivity (Wildman–Crippen MR) is 77.8 cm³/mol. The van der Waals surface area contributed by atoms with Crippen molar-refractivity contribution in [3.63, 3.8) is 0 Å². The molecule has 1 amide bonds. The molecule has 1 rings (SSSR count). The maximum Gasteiger partial charge on any atom is 0.285 e. The highest BCUT2D eigenvalue weighted by Crippen LogP contribution is 2.23. The molecule has 0 aliphatic rings. The highest BCUT2D eigenvalue weighted by molar-refractivity contribution is 9.09. The van der Waals surface area contributed by atoms with E-state index >= 15 is 0 Å².